The summed E-state index contributed by atoms with van der Waals surface area (Å²) < 4.78 is 43.3. The minimum atomic E-state index is -4.46. The van der Waals surface area contributed by atoms with E-state index in [2.05, 4.69) is 10.6 Å². The van der Waals surface area contributed by atoms with E-state index in [1.807, 2.05) is 6.92 Å². The lowest BCUT2D eigenvalue weighted by atomic mass is 10.2. The molecule has 0 unspecified atom stereocenters. The van der Waals surface area contributed by atoms with Crippen molar-refractivity contribution in [2.45, 2.75) is 13.1 Å². The van der Waals surface area contributed by atoms with Gasteiger partial charge in [-0.1, -0.05) is 17.7 Å². The van der Waals surface area contributed by atoms with Crippen molar-refractivity contribution in [3.63, 3.8) is 0 Å². The molecule has 0 radical (unpaired) electrons. The van der Waals surface area contributed by atoms with E-state index in [-0.39, 0.29) is 18.8 Å². The molecule has 0 saturated carbocycles. The Morgan fingerprint density at radius 1 is 1.20 bits per heavy atom. The summed E-state index contributed by atoms with van der Waals surface area (Å²) >= 11 is 5.91. The number of amides is 2. The molecule has 0 aromatic heterocycles. The Hall–Kier alpha value is -2.41. The minimum Gasteiger partial charge on any atom is -0.492 e. The van der Waals surface area contributed by atoms with Crippen molar-refractivity contribution in [1.82, 2.24) is 5.32 Å². The zero-order valence-corrected chi connectivity index (χ0v) is 14.0. The molecule has 0 spiro atoms. The molecule has 2 N–H and O–H groups in total. The van der Waals surface area contributed by atoms with E-state index < -0.39 is 17.8 Å². The third kappa shape index (κ3) is 5.86. The highest BCUT2D eigenvalue weighted by molar-refractivity contribution is 6.31. The van der Waals surface area contributed by atoms with Crippen LogP contribution in [0.3, 0.4) is 0 Å². The van der Waals surface area contributed by atoms with Crippen molar-refractivity contribution in [3.8, 4) is 5.75 Å². The van der Waals surface area contributed by atoms with E-state index in [1.165, 1.54) is 12.1 Å². The highest BCUT2D eigenvalue weighted by atomic mass is 35.5. The number of nitrogens with one attached hydrogen (secondary N) is 2. The molecule has 4 nitrogen and oxygen atoms in total. The van der Waals surface area contributed by atoms with Crippen molar-refractivity contribution in [2.75, 3.05) is 18.5 Å². The fraction of sp³-hybridized carbons (Fsp3) is 0.235. The van der Waals surface area contributed by atoms with E-state index in [9.17, 15) is 18.0 Å². The SMILES string of the molecule is Cc1cc(OCCNC(=O)Nc2cccc(C(F)(F)F)c2)ccc1Cl. The fourth-order valence-corrected chi connectivity index (χ4v) is 2.11. The maximum Gasteiger partial charge on any atom is 0.416 e. The minimum absolute atomic E-state index is 0.0570. The summed E-state index contributed by atoms with van der Waals surface area (Å²) in [5.41, 5.74) is 0.0997. The molecule has 134 valence electrons. The molecule has 0 aliphatic rings. The molecule has 2 amide bonds. The van der Waals surface area contributed by atoms with Crippen LogP contribution in [0.5, 0.6) is 5.75 Å². The van der Waals surface area contributed by atoms with Crippen LogP contribution < -0.4 is 15.4 Å². The van der Waals surface area contributed by atoms with Crippen molar-refractivity contribution in [3.05, 3.63) is 58.6 Å². The Bertz CT molecular complexity index is 751. The molecule has 25 heavy (non-hydrogen) atoms. The second kappa shape index (κ2) is 8.11. The first-order chi connectivity index (χ1) is 11.8. The van der Waals surface area contributed by atoms with Gasteiger partial charge >= 0.3 is 12.2 Å². The topological polar surface area (TPSA) is 50.4 Å². The maximum atomic E-state index is 12.6. The molecule has 0 heterocycles. The van der Waals surface area contributed by atoms with Gasteiger partial charge in [0.05, 0.1) is 12.1 Å². The molecule has 0 bridgehead atoms. The third-order valence-corrected chi connectivity index (χ3v) is 3.66. The average Bonchev–Trinajstić information content (AvgIpc) is 2.54. The van der Waals surface area contributed by atoms with Gasteiger partial charge < -0.3 is 15.4 Å². The lowest BCUT2D eigenvalue weighted by Crippen LogP contribution is -2.32. The summed E-state index contributed by atoms with van der Waals surface area (Å²) in [5, 5.41) is 5.48. The summed E-state index contributed by atoms with van der Waals surface area (Å²) in [7, 11) is 0. The van der Waals surface area contributed by atoms with Crippen LogP contribution in [-0.2, 0) is 6.18 Å². The smallest absolute Gasteiger partial charge is 0.416 e. The zero-order chi connectivity index (χ0) is 18.4. The normalized spacial score (nSPS) is 11.1. The molecule has 0 saturated heterocycles. The van der Waals surface area contributed by atoms with Crippen LogP contribution in [0.4, 0.5) is 23.7 Å². The standard InChI is InChI=1S/C17H16ClF3N2O2/c1-11-9-14(5-6-15(11)18)25-8-7-22-16(24)23-13-4-2-3-12(10-13)17(19,20)21/h2-6,9-10H,7-8H2,1H3,(H2,22,23,24). The van der Waals surface area contributed by atoms with Gasteiger partial charge in [-0.15, -0.1) is 0 Å². The number of alkyl halides is 3. The second-order valence-electron chi connectivity index (χ2n) is 5.22. The number of hydrogen-bond donors (Lipinski definition) is 2. The number of rotatable bonds is 5. The van der Waals surface area contributed by atoms with Gasteiger partial charge in [0, 0.05) is 10.7 Å². The molecule has 2 aromatic rings. The summed E-state index contributed by atoms with van der Waals surface area (Å²) in [6.45, 7) is 2.24. The van der Waals surface area contributed by atoms with Crippen molar-refractivity contribution >= 4 is 23.3 Å². The molecule has 2 aromatic carbocycles. The van der Waals surface area contributed by atoms with Crippen LogP contribution in [0.15, 0.2) is 42.5 Å². The molecular formula is C17H16ClF3N2O2. The van der Waals surface area contributed by atoms with Crippen molar-refractivity contribution in [2.24, 2.45) is 0 Å². The summed E-state index contributed by atoms with van der Waals surface area (Å²) in [4.78, 5) is 11.7. The Kier molecular flexibility index (Phi) is 6.14. The first-order valence-electron chi connectivity index (χ1n) is 7.37. The van der Waals surface area contributed by atoms with Crippen LogP contribution >= 0.6 is 11.6 Å². The second-order valence-corrected chi connectivity index (χ2v) is 5.63. The van der Waals surface area contributed by atoms with Gasteiger partial charge in [0.2, 0.25) is 0 Å². The van der Waals surface area contributed by atoms with Gasteiger partial charge in [-0.05, 0) is 48.9 Å². The summed E-state index contributed by atoms with van der Waals surface area (Å²) in [6.07, 6.45) is -4.46. The van der Waals surface area contributed by atoms with Crippen molar-refractivity contribution < 1.29 is 22.7 Å². The van der Waals surface area contributed by atoms with Gasteiger partial charge in [-0.3, -0.25) is 0 Å². The maximum absolute atomic E-state index is 12.6. The van der Waals surface area contributed by atoms with Crippen LogP contribution in [-0.4, -0.2) is 19.2 Å². The van der Waals surface area contributed by atoms with Crippen LogP contribution in [0, 0.1) is 6.92 Å². The van der Waals surface area contributed by atoms with Crippen molar-refractivity contribution in [1.29, 1.82) is 0 Å². The molecule has 0 fully saturated rings. The number of anilines is 1. The number of carbonyl (C=O) groups is 1. The monoisotopic (exact) mass is 372 g/mol. The third-order valence-electron chi connectivity index (χ3n) is 3.23. The van der Waals surface area contributed by atoms with Gasteiger partial charge in [0.1, 0.15) is 12.4 Å². The number of halogens is 4. The lowest BCUT2D eigenvalue weighted by molar-refractivity contribution is -0.137. The molecule has 0 aliphatic heterocycles. The average molecular weight is 373 g/mol. The molecule has 2 rings (SSSR count). The first-order valence-corrected chi connectivity index (χ1v) is 7.74. The number of benzene rings is 2. The molecule has 8 heteroatoms. The lowest BCUT2D eigenvalue weighted by Gasteiger charge is -2.11. The largest absolute Gasteiger partial charge is 0.492 e. The Balaban J connectivity index is 1.78. The van der Waals surface area contributed by atoms with Gasteiger partial charge in [0.25, 0.3) is 0 Å². The number of hydrogen-bond acceptors (Lipinski definition) is 2. The van der Waals surface area contributed by atoms with E-state index >= 15 is 0 Å². The van der Waals surface area contributed by atoms with Crippen LogP contribution in [0.1, 0.15) is 11.1 Å². The van der Waals surface area contributed by atoms with E-state index in [0.717, 1.165) is 17.7 Å². The molecule has 0 aliphatic carbocycles. The van der Waals surface area contributed by atoms with E-state index in [0.29, 0.717) is 10.8 Å². The van der Waals surface area contributed by atoms with Crippen LogP contribution in [0.25, 0.3) is 0 Å². The van der Waals surface area contributed by atoms with E-state index in [1.54, 1.807) is 18.2 Å². The van der Waals surface area contributed by atoms with Gasteiger partial charge in [-0.25, -0.2) is 4.79 Å². The molecular weight excluding hydrogens is 357 g/mol. The summed E-state index contributed by atoms with van der Waals surface area (Å²) in [5.74, 6) is 0.613. The van der Waals surface area contributed by atoms with Gasteiger partial charge in [0.15, 0.2) is 0 Å². The Morgan fingerprint density at radius 2 is 1.96 bits per heavy atom. The fourth-order valence-electron chi connectivity index (χ4n) is 1.99. The number of ether oxygens (including phenoxy) is 1. The quantitative estimate of drug-likeness (QED) is 0.736. The predicted octanol–water partition coefficient (Wildman–Crippen LogP) is 4.87. The number of carbonyl (C=O) groups excluding carboxylic acids is 1. The Morgan fingerprint density at radius 3 is 2.64 bits per heavy atom. The molecule has 0 atom stereocenters. The highest BCUT2D eigenvalue weighted by Gasteiger charge is 2.30. The number of aryl methyl sites for hydroxylation is 1. The predicted molar refractivity (Wildman–Crippen MR) is 90.1 cm³/mol. The zero-order valence-electron chi connectivity index (χ0n) is 13.3. The van der Waals surface area contributed by atoms with Crippen LogP contribution in [0.2, 0.25) is 5.02 Å². The van der Waals surface area contributed by atoms with Gasteiger partial charge in [-0.2, -0.15) is 13.2 Å². The van der Waals surface area contributed by atoms with E-state index in [4.69, 9.17) is 16.3 Å². The highest BCUT2D eigenvalue weighted by Crippen LogP contribution is 2.30. The summed E-state index contributed by atoms with van der Waals surface area (Å²) in [6, 6.07) is 8.97. The number of urea groups is 1. The Labute approximate surface area is 147 Å². The first kappa shape index (κ1) is 18.9.